The second kappa shape index (κ2) is 3.64. The minimum Gasteiger partial charge on any atom is -0.313 e. The molecule has 0 saturated carbocycles. The Morgan fingerprint density at radius 3 is 2.46 bits per heavy atom. The van der Waals surface area contributed by atoms with E-state index in [9.17, 15) is 4.39 Å². The third-order valence-corrected chi connectivity index (χ3v) is 2.69. The summed E-state index contributed by atoms with van der Waals surface area (Å²) in [6, 6.07) is 7.41. The number of nitrogens with one attached hydrogen (secondary N) is 1. The van der Waals surface area contributed by atoms with Gasteiger partial charge in [-0.1, -0.05) is 23.7 Å². The fourth-order valence-electron chi connectivity index (χ4n) is 1.68. The molecule has 2 atom stereocenters. The second-order valence-corrected chi connectivity index (χ2v) is 3.77. The van der Waals surface area contributed by atoms with Gasteiger partial charge in [-0.2, -0.15) is 0 Å². The van der Waals surface area contributed by atoms with E-state index in [2.05, 4.69) is 5.32 Å². The summed E-state index contributed by atoms with van der Waals surface area (Å²) in [5, 5.41) is 3.73. The molecule has 3 heteroatoms. The van der Waals surface area contributed by atoms with Crippen LogP contribution in [0, 0.1) is 0 Å². The van der Waals surface area contributed by atoms with Crippen LogP contribution in [0.25, 0.3) is 0 Å². The predicted octanol–water partition coefficient (Wildman–Crippen LogP) is 2.36. The molecular weight excluding hydrogens is 189 g/mol. The first-order chi connectivity index (χ1) is 6.27. The van der Waals surface area contributed by atoms with Gasteiger partial charge < -0.3 is 5.32 Å². The van der Waals surface area contributed by atoms with Gasteiger partial charge in [0.05, 0.1) is 0 Å². The van der Waals surface area contributed by atoms with E-state index in [0.29, 0.717) is 11.6 Å². The molecule has 0 aliphatic carbocycles. The van der Waals surface area contributed by atoms with Gasteiger partial charge in [-0.05, 0) is 17.7 Å². The third-order valence-electron chi connectivity index (χ3n) is 2.44. The molecule has 0 bridgehead atoms. The van der Waals surface area contributed by atoms with E-state index in [1.54, 1.807) is 0 Å². The molecule has 70 valence electrons. The molecule has 1 fully saturated rings. The number of hydrogen-bond acceptors (Lipinski definition) is 1. The van der Waals surface area contributed by atoms with Gasteiger partial charge in [-0.3, -0.25) is 0 Å². The van der Waals surface area contributed by atoms with E-state index in [1.807, 2.05) is 24.3 Å². The van der Waals surface area contributed by atoms with Crippen molar-refractivity contribution in [1.82, 2.24) is 5.32 Å². The van der Waals surface area contributed by atoms with Crippen molar-refractivity contribution in [2.24, 2.45) is 0 Å². The Kier molecular flexibility index (Phi) is 2.51. The molecule has 1 aromatic rings. The van der Waals surface area contributed by atoms with Crippen LogP contribution in [0.5, 0.6) is 0 Å². The van der Waals surface area contributed by atoms with E-state index < -0.39 is 6.17 Å². The lowest BCUT2D eigenvalue weighted by atomic mass is 9.97. The molecule has 0 amide bonds. The maximum atomic E-state index is 13.3. The molecule has 1 saturated heterocycles. The second-order valence-electron chi connectivity index (χ2n) is 3.33. The number of rotatable bonds is 1. The number of hydrogen-bond donors (Lipinski definition) is 1. The zero-order valence-electron chi connectivity index (χ0n) is 7.13. The smallest absolute Gasteiger partial charge is 0.121 e. The van der Waals surface area contributed by atoms with Crippen molar-refractivity contribution in [2.75, 3.05) is 13.1 Å². The lowest BCUT2D eigenvalue weighted by Crippen LogP contribution is -2.10. The highest BCUT2D eigenvalue weighted by Crippen LogP contribution is 2.25. The molecule has 1 aliphatic heterocycles. The first-order valence-electron chi connectivity index (χ1n) is 4.37. The Morgan fingerprint density at radius 1 is 1.23 bits per heavy atom. The first-order valence-corrected chi connectivity index (χ1v) is 4.75. The lowest BCUT2D eigenvalue weighted by Gasteiger charge is -2.11. The molecule has 0 unspecified atom stereocenters. The molecule has 1 aromatic carbocycles. The van der Waals surface area contributed by atoms with Gasteiger partial charge in [0.1, 0.15) is 6.17 Å². The van der Waals surface area contributed by atoms with Gasteiger partial charge in [0, 0.05) is 24.0 Å². The van der Waals surface area contributed by atoms with Gasteiger partial charge >= 0.3 is 0 Å². The summed E-state index contributed by atoms with van der Waals surface area (Å²) in [7, 11) is 0. The summed E-state index contributed by atoms with van der Waals surface area (Å²) < 4.78 is 13.3. The highest BCUT2D eigenvalue weighted by atomic mass is 35.5. The Morgan fingerprint density at radius 2 is 1.92 bits per heavy atom. The molecule has 1 N–H and O–H groups in total. The van der Waals surface area contributed by atoms with Gasteiger partial charge in [-0.15, -0.1) is 0 Å². The quantitative estimate of drug-likeness (QED) is 0.732. The summed E-state index contributed by atoms with van der Waals surface area (Å²) in [6.07, 6.45) is -0.763. The minimum absolute atomic E-state index is 0.00253. The van der Waals surface area contributed by atoms with E-state index in [1.165, 1.54) is 0 Å². The first kappa shape index (κ1) is 8.97. The Labute approximate surface area is 81.9 Å². The molecule has 0 aromatic heterocycles. The third kappa shape index (κ3) is 1.84. The van der Waals surface area contributed by atoms with Crippen molar-refractivity contribution in [1.29, 1.82) is 0 Å². The Bertz CT molecular complexity index is 285. The van der Waals surface area contributed by atoms with E-state index in [0.717, 1.165) is 12.1 Å². The van der Waals surface area contributed by atoms with Gasteiger partial charge in [0.15, 0.2) is 0 Å². The van der Waals surface area contributed by atoms with E-state index in [4.69, 9.17) is 11.6 Å². The fourth-order valence-corrected chi connectivity index (χ4v) is 1.81. The fraction of sp³-hybridized carbons (Fsp3) is 0.400. The SMILES string of the molecule is F[C@@H]1CNC[C@H]1c1ccc(Cl)cc1. The largest absolute Gasteiger partial charge is 0.313 e. The summed E-state index contributed by atoms with van der Waals surface area (Å²) >= 11 is 5.75. The highest BCUT2D eigenvalue weighted by molar-refractivity contribution is 6.30. The van der Waals surface area contributed by atoms with E-state index in [-0.39, 0.29) is 5.92 Å². The van der Waals surface area contributed by atoms with Crippen molar-refractivity contribution in [3.63, 3.8) is 0 Å². The van der Waals surface area contributed by atoms with Gasteiger partial charge in [0.25, 0.3) is 0 Å². The Balaban J connectivity index is 2.20. The van der Waals surface area contributed by atoms with Crippen molar-refractivity contribution < 1.29 is 4.39 Å². The summed E-state index contributed by atoms with van der Waals surface area (Å²) in [5.74, 6) is -0.00253. The highest BCUT2D eigenvalue weighted by Gasteiger charge is 2.27. The van der Waals surface area contributed by atoms with Crippen molar-refractivity contribution in [2.45, 2.75) is 12.1 Å². The van der Waals surface area contributed by atoms with Crippen molar-refractivity contribution in [3.8, 4) is 0 Å². The van der Waals surface area contributed by atoms with Crippen molar-refractivity contribution in [3.05, 3.63) is 34.9 Å². The standard InChI is InChI=1S/C10H11ClFN/c11-8-3-1-7(2-4-8)9-5-13-6-10(9)12/h1-4,9-10,13H,5-6H2/t9-,10+/m0/s1. The normalized spacial score (nSPS) is 27.8. The van der Waals surface area contributed by atoms with Crippen LogP contribution in [0.4, 0.5) is 4.39 Å². The molecular formula is C10H11ClFN. The lowest BCUT2D eigenvalue weighted by molar-refractivity contribution is 0.332. The minimum atomic E-state index is -0.763. The zero-order chi connectivity index (χ0) is 9.26. The predicted molar refractivity (Wildman–Crippen MR) is 52.0 cm³/mol. The summed E-state index contributed by atoms with van der Waals surface area (Å²) in [6.45, 7) is 1.19. The average molecular weight is 200 g/mol. The van der Waals surface area contributed by atoms with E-state index >= 15 is 0 Å². The van der Waals surface area contributed by atoms with Crippen LogP contribution in [0.15, 0.2) is 24.3 Å². The molecule has 1 nitrogen and oxygen atoms in total. The van der Waals surface area contributed by atoms with Gasteiger partial charge in [-0.25, -0.2) is 4.39 Å². The van der Waals surface area contributed by atoms with Gasteiger partial charge in [0.2, 0.25) is 0 Å². The maximum absolute atomic E-state index is 13.3. The van der Waals surface area contributed by atoms with Crippen LogP contribution in [0.1, 0.15) is 11.5 Å². The summed E-state index contributed by atoms with van der Waals surface area (Å²) in [5.41, 5.74) is 1.03. The van der Waals surface area contributed by atoms with Crippen LogP contribution < -0.4 is 5.32 Å². The zero-order valence-corrected chi connectivity index (χ0v) is 7.89. The molecule has 0 radical (unpaired) electrons. The van der Waals surface area contributed by atoms with Crippen molar-refractivity contribution >= 4 is 11.6 Å². The molecule has 13 heavy (non-hydrogen) atoms. The van der Waals surface area contributed by atoms with Crippen LogP contribution in [0.2, 0.25) is 5.02 Å². The molecule has 0 spiro atoms. The molecule has 2 rings (SSSR count). The number of halogens is 2. The maximum Gasteiger partial charge on any atom is 0.121 e. The number of alkyl halides is 1. The molecule has 1 aliphatic rings. The van der Waals surface area contributed by atoms with Crippen LogP contribution >= 0.6 is 11.6 Å². The average Bonchev–Trinajstić information content (AvgIpc) is 2.53. The molecule has 1 heterocycles. The number of benzene rings is 1. The topological polar surface area (TPSA) is 12.0 Å². The van der Waals surface area contributed by atoms with Crippen LogP contribution in [-0.4, -0.2) is 19.3 Å². The van der Waals surface area contributed by atoms with Crippen LogP contribution in [-0.2, 0) is 0 Å². The Hall–Kier alpha value is -0.600. The van der Waals surface area contributed by atoms with Crippen LogP contribution in [0.3, 0.4) is 0 Å². The summed E-state index contributed by atoms with van der Waals surface area (Å²) in [4.78, 5) is 0. The monoisotopic (exact) mass is 199 g/mol.